The second kappa shape index (κ2) is 8.14. The van der Waals surface area contributed by atoms with Gasteiger partial charge in [-0.05, 0) is 45.4 Å². The van der Waals surface area contributed by atoms with E-state index in [0.717, 1.165) is 11.4 Å². The lowest BCUT2D eigenvalue weighted by molar-refractivity contribution is -0.119. The van der Waals surface area contributed by atoms with Crippen LogP contribution in [0, 0.1) is 20.8 Å². The topological polar surface area (TPSA) is 106 Å². The summed E-state index contributed by atoms with van der Waals surface area (Å²) in [5, 5.41) is 7.08. The zero-order chi connectivity index (χ0) is 21.1. The summed E-state index contributed by atoms with van der Waals surface area (Å²) in [6.07, 6.45) is 0. The number of Topliss-reactive ketones (excluding diaryl/α,β-unsaturated/α-hetero) is 1. The predicted octanol–water partition coefficient (Wildman–Crippen LogP) is 3.12. The number of para-hydroxylation sites is 1. The third-order valence-electron chi connectivity index (χ3n) is 4.43. The van der Waals surface area contributed by atoms with E-state index in [1.807, 2.05) is 37.3 Å². The van der Waals surface area contributed by atoms with Crippen molar-refractivity contribution in [1.82, 2.24) is 14.8 Å². The Morgan fingerprint density at radius 3 is 2.45 bits per heavy atom. The fraction of sp³-hybridized carbons (Fsp3) is 0.238. The Morgan fingerprint density at radius 1 is 1.14 bits per heavy atom. The lowest BCUT2D eigenvalue weighted by Crippen LogP contribution is -2.22. The van der Waals surface area contributed by atoms with Crippen LogP contribution >= 0.6 is 0 Å². The number of amides is 1. The maximum atomic E-state index is 12.3. The van der Waals surface area contributed by atoms with Gasteiger partial charge in [0.05, 0.1) is 11.4 Å². The minimum Gasteiger partial charge on any atom is -0.451 e. The molecule has 0 unspecified atom stereocenters. The monoisotopic (exact) mass is 394 g/mol. The largest absolute Gasteiger partial charge is 0.451 e. The number of aryl methyl sites for hydroxylation is 2. The third-order valence-corrected chi connectivity index (χ3v) is 4.43. The Bertz CT molecular complexity index is 1080. The molecule has 1 amide bonds. The van der Waals surface area contributed by atoms with Crippen molar-refractivity contribution in [3.8, 4) is 5.69 Å². The molecular weight excluding hydrogens is 372 g/mol. The van der Waals surface area contributed by atoms with Crippen LogP contribution in [0.5, 0.6) is 0 Å². The number of anilines is 1. The first kappa shape index (κ1) is 20.1. The number of H-pyrrole nitrogens is 1. The molecule has 8 heteroatoms. The highest BCUT2D eigenvalue weighted by atomic mass is 16.5. The molecule has 2 heterocycles. The molecule has 0 atom stereocenters. The van der Waals surface area contributed by atoms with Gasteiger partial charge < -0.3 is 15.0 Å². The number of nitrogens with one attached hydrogen (secondary N) is 2. The van der Waals surface area contributed by atoms with Gasteiger partial charge in [-0.15, -0.1) is 0 Å². The Hall–Kier alpha value is -3.68. The Kier molecular flexibility index (Phi) is 5.63. The first-order chi connectivity index (χ1) is 13.8. The van der Waals surface area contributed by atoms with Gasteiger partial charge in [0.15, 0.2) is 12.4 Å². The Labute approximate surface area is 167 Å². The minimum atomic E-state index is -0.694. The smallest absolute Gasteiger partial charge is 0.355 e. The lowest BCUT2D eigenvalue weighted by atomic mass is 10.1. The van der Waals surface area contributed by atoms with Gasteiger partial charge in [-0.25, -0.2) is 9.48 Å². The maximum Gasteiger partial charge on any atom is 0.355 e. The van der Waals surface area contributed by atoms with E-state index >= 15 is 0 Å². The highest BCUT2D eigenvalue weighted by molar-refractivity contribution is 6.01. The minimum absolute atomic E-state index is 0.141. The highest BCUT2D eigenvalue weighted by Crippen LogP contribution is 2.20. The van der Waals surface area contributed by atoms with Gasteiger partial charge in [0, 0.05) is 17.3 Å². The first-order valence-electron chi connectivity index (χ1n) is 9.07. The highest BCUT2D eigenvalue weighted by Gasteiger charge is 2.21. The molecule has 3 aromatic rings. The van der Waals surface area contributed by atoms with Gasteiger partial charge >= 0.3 is 5.97 Å². The molecule has 0 fully saturated rings. The third kappa shape index (κ3) is 4.26. The van der Waals surface area contributed by atoms with Gasteiger partial charge in [-0.3, -0.25) is 9.59 Å². The number of ketones is 1. The van der Waals surface area contributed by atoms with Crippen LogP contribution in [0.3, 0.4) is 0 Å². The van der Waals surface area contributed by atoms with Crippen molar-refractivity contribution in [2.45, 2.75) is 27.7 Å². The molecule has 8 nitrogen and oxygen atoms in total. The normalized spacial score (nSPS) is 10.6. The van der Waals surface area contributed by atoms with Gasteiger partial charge in [-0.1, -0.05) is 18.2 Å². The van der Waals surface area contributed by atoms with Crippen molar-refractivity contribution < 1.29 is 19.1 Å². The SMILES string of the molecule is CC(=O)c1c(C)[nH]c(C(=O)OCC(=O)Nc2cc(C)nn2-c2ccccc2)c1C. The van der Waals surface area contributed by atoms with E-state index in [4.69, 9.17) is 4.74 Å². The molecule has 0 saturated heterocycles. The standard InChI is InChI=1S/C21H22N4O4/c1-12-10-17(25(24-12)16-8-6-5-7-9-16)23-18(27)11-29-21(28)20-13(2)19(15(4)26)14(3)22-20/h5-10,22H,11H2,1-4H3,(H,23,27). The van der Waals surface area contributed by atoms with Crippen LogP contribution in [0.2, 0.25) is 0 Å². The van der Waals surface area contributed by atoms with E-state index in [1.54, 1.807) is 24.6 Å². The van der Waals surface area contributed by atoms with Gasteiger partial charge in [-0.2, -0.15) is 5.10 Å². The molecule has 1 aromatic carbocycles. The van der Waals surface area contributed by atoms with Crippen LogP contribution in [0.15, 0.2) is 36.4 Å². The molecule has 0 saturated carbocycles. The van der Waals surface area contributed by atoms with Crippen molar-refractivity contribution >= 4 is 23.5 Å². The molecule has 2 aromatic heterocycles. The van der Waals surface area contributed by atoms with E-state index in [1.165, 1.54) is 6.92 Å². The number of ether oxygens (including phenoxy) is 1. The van der Waals surface area contributed by atoms with E-state index in [-0.39, 0.29) is 11.5 Å². The molecule has 0 aliphatic carbocycles. The Morgan fingerprint density at radius 2 is 1.83 bits per heavy atom. The number of aromatic amines is 1. The summed E-state index contributed by atoms with van der Waals surface area (Å²) in [5.41, 5.74) is 3.26. The number of hydrogen-bond acceptors (Lipinski definition) is 5. The molecule has 2 N–H and O–H groups in total. The number of esters is 1. The molecule has 0 aliphatic heterocycles. The van der Waals surface area contributed by atoms with Crippen LogP contribution in [0.4, 0.5) is 5.82 Å². The van der Waals surface area contributed by atoms with Crippen LogP contribution < -0.4 is 5.32 Å². The first-order valence-corrected chi connectivity index (χ1v) is 9.07. The molecule has 3 rings (SSSR count). The molecule has 0 aliphatic rings. The summed E-state index contributed by atoms with van der Waals surface area (Å²) in [6.45, 7) is 6.16. The van der Waals surface area contributed by atoms with Gasteiger partial charge in [0.25, 0.3) is 5.91 Å². The van der Waals surface area contributed by atoms with Gasteiger partial charge in [0.1, 0.15) is 11.5 Å². The second-order valence-corrected chi connectivity index (χ2v) is 6.72. The summed E-state index contributed by atoms with van der Waals surface area (Å²) >= 11 is 0. The van der Waals surface area contributed by atoms with Crippen LogP contribution in [-0.4, -0.2) is 39.0 Å². The molecule has 0 radical (unpaired) electrons. The number of rotatable bonds is 6. The van der Waals surface area contributed by atoms with Crippen molar-refractivity contribution in [3.63, 3.8) is 0 Å². The number of carbonyl (C=O) groups excluding carboxylic acids is 3. The molecule has 0 bridgehead atoms. The van der Waals surface area contributed by atoms with Crippen molar-refractivity contribution in [1.29, 1.82) is 0 Å². The molecule has 150 valence electrons. The van der Waals surface area contributed by atoms with E-state index in [2.05, 4.69) is 15.4 Å². The average molecular weight is 394 g/mol. The molecule has 29 heavy (non-hydrogen) atoms. The summed E-state index contributed by atoms with van der Waals surface area (Å²) in [5.74, 6) is -0.859. The van der Waals surface area contributed by atoms with Crippen molar-refractivity contribution in [2.24, 2.45) is 0 Å². The fourth-order valence-corrected chi connectivity index (χ4v) is 3.22. The quantitative estimate of drug-likeness (QED) is 0.494. The number of aromatic nitrogens is 3. The zero-order valence-electron chi connectivity index (χ0n) is 16.7. The van der Waals surface area contributed by atoms with E-state index in [0.29, 0.717) is 22.6 Å². The summed E-state index contributed by atoms with van der Waals surface area (Å²) < 4.78 is 6.72. The van der Waals surface area contributed by atoms with Gasteiger partial charge in [0.2, 0.25) is 0 Å². The number of benzene rings is 1. The number of carbonyl (C=O) groups is 3. The second-order valence-electron chi connectivity index (χ2n) is 6.72. The summed E-state index contributed by atoms with van der Waals surface area (Å²) in [6, 6.07) is 11.1. The van der Waals surface area contributed by atoms with Crippen LogP contribution in [-0.2, 0) is 9.53 Å². The maximum absolute atomic E-state index is 12.3. The predicted molar refractivity (Wildman–Crippen MR) is 107 cm³/mol. The molecule has 0 spiro atoms. The van der Waals surface area contributed by atoms with Crippen LogP contribution in [0.25, 0.3) is 5.69 Å². The average Bonchev–Trinajstić information content (AvgIpc) is 3.19. The van der Waals surface area contributed by atoms with Crippen molar-refractivity contribution in [3.05, 3.63) is 64.6 Å². The lowest BCUT2D eigenvalue weighted by Gasteiger charge is -2.09. The van der Waals surface area contributed by atoms with E-state index < -0.39 is 18.5 Å². The van der Waals surface area contributed by atoms with Crippen LogP contribution in [0.1, 0.15) is 44.7 Å². The van der Waals surface area contributed by atoms with Crippen molar-refractivity contribution in [2.75, 3.05) is 11.9 Å². The fourth-order valence-electron chi connectivity index (χ4n) is 3.22. The zero-order valence-corrected chi connectivity index (χ0v) is 16.7. The molecular formula is C21H22N4O4. The Balaban J connectivity index is 1.68. The number of nitrogens with zero attached hydrogens (tertiary/aromatic N) is 2. The number of hydrogen-bond donors (Lipinski definition) is 2. The van der Waals surface area contributed by atoms with E-state index in [9.17, 15) is 14.4 Å². The summed E-state index contributed by atoms with van der Waals surface area (Å²) in [4.78, 5) is 39.2. The summed E-state index contributed by atoms with van der Waals surface area (Å²) in [7, 11) is 0.